The zero-order chi connectivity index (χ0) is 14.2. The van der Waals surface area contributed by atoms with Crippen molar-refractivity contribution >= 4 is 30.1 Å². The van der Waals surface area contributed by atoms with E-state index in [4.69, 9.17) is 4.74 Å². The van der Waals surface area contributed by atoms with Gasteiger partial charge in [-0.15, -0.1) is 12.4 Å². The molecule has 2 rings (SSSR count). The molecule has 124 valence electrons. The molecule has 4 nitrogen and oxygen atoms in total. The van der Waals surface area contributed by atoms with Crippen LogP contribution in [0, 0.1) is 0 Å². The molecular formula is C15H29ClN2O2S. The van der Waals surface area contributed by atoms with Gasteiger partial charge in [0.25, 0.3) is 0 Å². The maximum Gasteiger partial charge on any atom is 0.224 e. The number of thioether (sulfide) groups is 1. The van der Waals surface area contributed by atoms with E-state index >= 15 is 0 Å². The molecule has 0 radical (unpaired) electrons. The van der Waals surface area contributed by atoms with Gasteiger partial charge >= 0.3 is 0 Å². The van der Waals surface area contributed by atoms with Gasteiger partial charge in [0.2, 0.25) is 5.91 Å². The number of likely N-dealkylation sites (tertiary alicyclic amines) is 1. The standard InChI is InChI=1S/C15H28N2O2S.ClH/c1-2-9-19-14-4-3-7-17(8-5-14)15(18)11-13-12-20-10-6-16-13;/h13-14,16H,2-12H2,1H3;1H. The van der Waals surface area contributed by atoms with E-state index in [2.05, 4.69) is 17.1 Å². The van der Waals surface area contributed by atoms with E-state index < -0.39 is 0 Å². The molecule has 2 aliphatic heterocycles. The Kier molecular flexibility index (Phi) is 9.73. The van der Waals surface area contributed by atoms with Crippen molar-refractivity contribution < 1.29 is 9.53 Å². The highest BCUT2D eigenvalue weighted by Crippen LogP contribution is 2.17. The van der Waals surface area contributed by atoms with Crippen molar-refractivity contribution in [2.24, 2.45) is 0 Å². The van der Waals surface area contributed by atoms with E-state index in [1.54, 1.807) is 0 Å². The van der Waals surface area contributed by atoms with Crippen LogP contribution >= 0.6 is 24.2 Å². The zero-order valence-electron chi connectivity index (χ0n) is 13.0. The van der Waals surface area contributed by atoms with Gasteiger partial charge in [0.1, 0.15) is 0 Å². The van der Waals surface area contributed by atoms with E-state index in [1.165, 1.54) is 5.75 Å². The van der Waals surface area contributed by atoms with E-state index in [0.29, 0.717) is 24.5 Å². The smallest absolute Gasteiger partial charge is 0.224 e. The Bertz CT molecular complexity index is 301. The van der Waals surface area contributed by atoms with E-state index in [-0.39, 0.29) is 12.4 Å². The van der Waals surface area contributed by atoms with Gasteiger partial charge < -0.3 is 15.0 Å². The molecule has 0 saturated carbocycles. The van der Waals surface area contributed by atoms with E-state index in [0.717, 1.165) is 57.7 Å². The molecule has 0 aromatic rings. The molecule has 1 N–H and O–H groups in total. The highest BCUT2D eigenvalue weighted by molar-refractivity contribution is 7.99. The molecule has 2 saturated heterocycles. The van der Waals surface area contributed by atoms with Crippen LogP contribution in [0.3, 0.4) is 0 Å². The van der Waals surface area contributed by atoms with Gasteiger partial charge in [0, 0.05) is 50.2 Å². The van der Waals surface area contributed by atoms with Crippen LogP contribution in [0.4, 0.5) is 0 Å². The van der Waals surface area contributed by atoms with Crippen LogP contribution in [0.5, 0.6) is 0 Å². The minimum absolute atomic E-state index is 0. The minimum Gasteiger partial charge on any atom is -0.378 e. The van der Waals surface area contributed by atoms with Gasteiger partial charge in [-0.2, -0.15) is 11.8 Å². The third-order valence-electron chi connectivity index (χ3n) is 4.00. The first-order chi connectivity index (χ1) is 9.79. The first-order valence-corrected chi connectivity index (χ1v) is 9.15. The number of nitrogens with zero attached hydrogens (tertiary/aromatic N) is 1. The number of hydrogen-bond acceptors (Lipinski definition) is 4. The van der Waals surface area contributed by atoms with Crippen molar-refractivity contribution in [1.82, 2.24) is 10.2 Å². The SMILES string of the molecule is CCCOC1CCCN(C(=O)CC2CSCCN2)CC1.Cl. The van der Waals surface area contributed by atoms with Crippen molar-refractivity contribution in [1.29, 1.82) is 0 Å². The normalized spacial score (nSPS) is 26.8. The van der Waals surface area contributed by atoms with Crippen LogP contribution in [0.25, 0.3) is 0 Å². The fraction of sp³-hybridized carbons (Fsp3) is 0.933. The zero-order valence-corrected chi connectivity index (χ0v) is 14.6. The van der Waals surface area contributed by atoms with Crippen molar-refractivity contribution in [2.75, 3.05) is 37.7 Å². The highest BCUT2D eigenvalue weighted by Gasteiger charge is 2.24. The summed E-state index contributed by atoms with van der Waals surface area (Å²) in [5.74, 6) is 2.56. The summed E-state index contributed by atoms with van der Waals surface area (Å²) >= 11 is 1.95. The number of nitrogens with one attached hydrogen (secondary N) is 1. The Morgan fingerprint density at radius 2 is 2.24 bits per heavy atom. The molecule has 21 heavy (non-hydrogen) atoms. The third kappa shape index (κ3) is 6.76. The maximum absolute atomic E-state index is 12.4. The molecule has 2 atom stereocenters. The number of carbonyl (C=O) groups is 1. The highest BCUT2D eigenvalue weighted by atomic mass is 35.5. The molecule has 0 aliphatic carbocycles. The van der Waals surface area contributed by atoms with Crippen LogP contribution in [0.15, 0.2) is 0 Å². The van der Waals surface area contributed by atoms with Gasteiger partial charge in [-0.05, 0) is 25.7 Å². The molecule has 2 fully saturated rings. The lowest BCUT2D eigenvalue weighted by atomic mass is 10.1. The summed E-state index contributed by atoms with van der Waals surface area (Å²) in [5, 5.41) is 3.45. The van der Waals surface area contributed by atoms with Gasteiger partial charge in [-0.3, -0.25) is 4.79 Å². The second-order valence-corrected chi connectivity index (χ2v) is 6.88. The number of amides is 1. The largest absolute Gasteiger partial charge is 0.378 e. The predicted molar refractivity (Wildman–Crippen MR) is 91.4 cm³/mol. The average Bonchev–Trinajstić information content (AvgIpc) is 2.72. The van der Waals surface area contributed by atoms with E-state index in [9.17, 15) is 4.79 Å². The summed E-state index contributed by atoms with van der Waals surface area (Å²) in [5.41, 5.74) is 0. The Hall–Kier alpha value is 0.0300. The number of halogens is 1. The molecule has 0 spiro atoms. The molecular weight excluding hydrogens is 308 g/mol. The molecule has 0 aromatic heterocycles. The summed E-state index contributed by atoms with van der Waals surface area (Å²) < 4.78 is 5.84. The Morgan fingerprint density at radius 1 is 1.38 bits per heavy atom. The fourth-order valence-electron chi connectivity index (χ4n) is 2.86. The van der Waals surface area contributed by atoms with Crippen molar-refractivity contribution in [3.8, 4) is 0 Å². The van der Waals surface area contributed by atoms with Crippen LogP contribution in [0.2, 0.25) is 0 Å². The summed E-state index contributed by atoms with van der Waals surface area (Å²) in [6.07, 6.45) is 5.26. The van der Waals surface area contributed by atoms with Gasteiger partial charge in [0.15, 0.2) is 0 Å². The van der Waals surface area contributed by atoms with Crippen molar-refractivity contribution in [3.05, 3.63) is 0 Å². The number of ether oxygens (including phenoxy) is 1. The topological polar surface area (TPSA) is 41.6 Å². The lowest BCUT2D eigenvalue weighted by Crippen LogP contribution is -2.43. The van der Waals surface area contributed by atoms with Gasteiger partial charge in [-0.1, -0.05) is 6.92 Å². The summed E-state index contributed by atoms with van der Waals surface area (Å²) in [4.78, 5) is 14.4. The lowest BCUT2D eigenvalue weighted by Gasteiger charge is -2.26. The maximum atomic E-state index is 12.4. The van der Waals surface area contributed by atoms with Gasteiger partial charge in [-0.25, -0.2) is 0 Å². The summed E-state index contributed by atoms with van der Waals surface area (Å²) in [6.45, 7) is 5.80. The first kappa shape index (κ1) is 19.1. The minimum atomic E-state index is 0. The molecule has 2 heterocycles. The number of rotatable bonds is 5. The van der Waals surface area contributed by atoms with Crippen LogP contribution in [-0.2, 0) is 9.53 Å². The summed E-state index contributed by atoms with van der Waals surface area (Å²) in [6, 6.07) is 0.372. The van der Waals surface area contributed by atoms with Crippen LogP contribution in [-0.4, -0.2) is 60.7 Å². The quantitative estimate of drug-likeness (QED) is 0.836. The first-order valence-electron chi connectivity index (χ1n) is 8.00. The second kappa shape index (κ2) is 10.7. The number of carbonyl (C=O) groups excluding carboxylic acids is 1. The molecule has 0 aromatic carbocycles. The van der Waals surface area contributed by atoms with Gasteiger partial charge in [0.05, 0.1) is 6.10 Å². The van der Waals surface area contributed by atoms with Crippen molar-refractivity contribution in [2.45, 2.75) is 51.2 Å². The predicted octanol–water partition coefficient (Wildman–Crippen LogP) is 2.31. The Labute approximate surface area is 139 Å². The Balaban J connectivity index is 0.00000220. The lowest BCUT2D eigenvalue weighted by molar-refractivity contribution is -0.131. The van der Waals surface area contributed by atoms with Crippen LogP contribution < -0.4 is 5.32 Å². The van der Waals surface area contributed by atoms with Crippen molar-refractivity contribution in [3.63, 3.8) is 0 Å². The van der Waals surface area contributed by atoms with Crippen LogP contribution in [0.1, 0.15) is 39.0 Å². The second-order valence-electron chi connectivity index (χ2n) is 5.73. The molecule has 1 amide bonds. The molecule has 2 unspecified atom stereocenters. The number of hydrogen-bond donors (Lipinski definition) is 1. The molecule has 2 aliphatic rings. The monoisotopic (exact) mass is 336 g/mol. The summed E-state index contributed by atoms with van der Waals surface area (Å²) in [7, 11) is 0. The molecule has 6 heteroatoms. The average molecular weight is 337 g/mol. The fourth-order valence-corrected chi connectivity index (χ4v) is 3.81. The third-order valence-corrected chi connectivity index (χ3v) is 5.14. The Morgan fingerprint density at radius 3 is 2.95 bits per heavy atom. The van der Waals surface area contributed by atoms with E-state index in [1.807, 2.05) is 11.8 Å². The molecule has 0 bridgehead atoms.